The Kier molecular flexibility index (Phi) is 6.27. The van der Waals surface area contributed by atoms with Crippen molar-refractivity contribution in [3.8, 4) is 5.75 Å². The van der Waals surface area contributed by atoms with Gasteiger partial charge in [0.25, 0.3) is 11.5 Å². The number of pyridine rings is 1. The highest BCUT2D eigenvalue weighted by Gasteiger charge is 2.10. The van der Waals surface area contributed by atoms with E-state index in [1.807, 2.05) is 13.0 Å². The molecule has 1 amide bonds. The van der Waals surface area contributed by atoms with E-state index < -0.39 is 0 Å². The van der Waals surface area contributed by atoms with Crippen LogP contribution in [0.15, 0.2) is 58.1 Å². The van der Waals surface area contributed by atoms with Crippen molar-refractivity contribution in [2.24, 2.45) is 0 Å². The first-order valence-electron chi connectivity index (χ1n) is 8.81. The van der Waals surface area contributed by atoms with Crippen molar-refractivity contribution >= 4 is 16.7 Å². The average Bonchev–Trinajstić information content (AvgIpc) is 3.20. The molecule has 1 aromatic carbocycles. The molecule has 27 heavy (non-hydrogen) atoms. The number of fused-ring (bicyclic) bond motifs is 1. The smallest absolute Gasteiger partial charge is 0.258 e. The standard InChI is InChI=1S/C20H22N2O5/c1-2-25-12-10-22-9-8-16-17(20(22)24)6-3-7-18(16)27-14-19(23)21-13-15-5-4-11-26-15/h3-9,11H,2,10,12-14H2,1H3,(H,21,23). The Morgan fingerprint density at radius 2 is 2.07 bits per heavy atom. The van der Waals surface area contributed by atoms with Gasteiger partial charge in [0.2, 0.25) is 0 Å². The summed E-state index contributed by atoms with van der Waals surface area (Å²) in [5, 5.41) is 3.93. The molecule has 0 bridgehead atoms. The highest BCUT2D eigenvalue weighted by atomic mass is 16.5. The summed E-state index contributed by atoms with van der Waals surface area (Å²) < 4.78 is 17.7. The minimum atomic E-state index is -0.270. The van der Waals surface area contributed by atoms with Crippen LogP contribution in [0.1, 0.15) is 12.7 Å². The van der Waals surface area contributed by atoms with Gasteiger partial charge in [-0.3, -0.25) is 9.59 Å². The Bertz CT molecular complexity index is 947. The molecule has 0 aliphatic heterocycles. The van der Waals surface area contributed by atoms with Gasteiger partial charge in [-0.05, 0) is 37.3 Å². The van der Waals surface area contributed by atoms with Crippen LogP contribution in [0, 0.1) is 0 Å². The molecule has 3 aromatic rings. The van der Waals surface area contributed by atoms with Gasteiger partial charge >= 0.3 is 0 Å². The molecular weight excluding hydrogens is 348 g/mol. The van der Waals surface area contributed by atoms with E-state index in [4.69, 9.17) is 13.9 Å². The lowest BCUT2D eigenvalue weighted by atomic mass is 10.1. The van der Waals surface area contributed by atoms with E-state index in [-0.39, 0.29) is 18.1 Å². The molecule has 0 saturated carbocycles. The largest absolute Gasteiger partial charge is 0.483 e. The molecule has 0 aliphatic carbocycles. The summed E-state index contributed by atoms with van der Waals surface area (Å²) in [5.41, 5.74) is -0.111. The van der Waals surface area contributed by atoms with Crippen molar-refractivity contribution in [1.82, 2.24) is 9.88 Å². The summed E-state index contributed by atoms with van der Waals surface area (Å²) >= 11 is 0. The van der Waals surface area contributed by atoms with Gasteiger partial charge in [-0.1, -0.05) is 6.07 Å². The highest BCUT2D eigenvalue weighted by molar-refractivity contribution is 5.88. The molecule has 0 spiro atoms. The number of aromatic nitrogens is 1. The van der Waals surface area contributed by atoms with Crippen molar-refractivity contribution < 1.29 is 18.7 Å². The first kappa shape index (κ1) is 18.7. The Morgan fingerprint density at radius 1 is 1.19 bits per heavy atom. The third kappa shape index (κ3) is 4.77. The van der Waals surface area contributed by atoms with Crippen molar-refractivity contribution in [2.45, 2.75) is 20.0 Å². The Balaban J connectivity index is 1.66. The van der Waals surface area contributed by atoms with E-state index in [1.54, 1.807) is 47.4 Å². The average molecular weight is 370 g/mol. The number of amides is 1. The van der Waals surface area contributed by atoms with E-state index in [0.29, 0.717) is 48.6 Å². The lowest BCUT2D eigenvalue weighted by Gasteiger charge is -2.11. The minimum Gasteiger partial charge on any atom is -0.483 e. The van der Waals surface area contributed by atoms with Crippen LogP contribution in [0.2, 0.25) is 0 Å². The van der Waals surface area contributed by atoms with E-state index in [9.17, 15) is 9.59 Å². The predicted octanol–water partition coefficient (Wildman–Crippen LogP) is 2.33. The number of rotatable bonds is 9. The maximum Gasteiger partial charge on any atom is 0.258 e. The Morgan fingerprint density at radius 3 is 2.85 bits per heavy atom. The van der Waals surface area contributed by atoms with Gasteiger partial charge in [0, 0.05) is 24.7 Å². The summed E-state index contributed by atoms with van der Waals surface area (Å²) in [6.45, 7) is 3.65. The Labute approximate surface area is 156 Å². The lowest BCUT2D eigenvalue weighted by Crippen LogP contribution is -2.28. The molecule has 0 saturated heterocycles. The molecular formula is C20H22N2O5. The fourth-order valence-corrected chi connectivity index (χ4v) is 2.69. The maximum absolute atomic E-state index is 12.6. The molecule has 7 heteroatoms. The second-order valence-electron chi connectivity index (χ2n) is 5.87. The zero-order chi connectivity index (χ0) is 19.1. The molecule has 0 fully saturated rings. The molecule has 3 rings (SSSR count). The summed E-state index contributed by atoms with van der Waals surface area (Å²) in [5.74, 6) is 0.893. The third-order valence-corrected chi connectivity index (χ3v) is 4.06. The number of carbonyl (C=O) groups excluding carboxylic acids is 1. The van der Waals surface area contributed by atoms with Crippen molar-refractivity contribution in [2.75, 3.05) is 19.8 Å². The van der Waals surface area contributed by atoms with Crippen LogP contribution in [-0.4, -0.2) is 30.3 Å². The first-order chi connectivity index (χ1) is 13.2. The van der Waals surface area contributed by atoms with E-state index in [0.717, 1.165) is 0 Å². The van der Waals surface area contributed by atoms with Crippen LogP contribution in [0.4, 0.5) is 0 Å². The number of carbonyl (C=O) groups is 1. The summed E-state index contributed by atoms with van der Waals surface area (Å²) in [4.78, 5) is 24.6. The number of ether oxygens (including phenoxy) is 2. The van der Waals surface area contributed by atoms with Gasteiger partial charge in [0.15, 0.2) is 6.61 Å². The van der Waals surface area contributed by atoms with Crippen LogP contribution in [0.3, 0.4) is 0 Å². The lowest BCUT2D eigenvalue weighted by molar-refractivity contribution is -0.123. The molecule has 7 nitrogen and oxygen atoms in total. The number of nitrogens with zero attached hydrogens (tertiary/aromatic N) is 1. The van der Waals surface area contributed by atoms with Gasteiger partial charge in [-0.25, -0.2) is 0 Å². The predicted molar refractivity (Wildman–Crippen MR) is 101 cm³/mol. The normalized spacial score (nSPS) is 10.9. The molecule has 2 heterocycles. The molecule has 0 unspecified atom stereocenters. The van der Waals surface area contributed by atoms with Crippen molar-refractivity contribution in [1.29, 1.82) is 0 Å². The fraction of sp³-hybridized carbons (Fsp3) is 0.300. The molecule has 0 atom stereocenters. The molecule has 2 aromatic heterocycles. The van der Waals surface area contributed by atoms with Gasteiger partial charge in [-0.2, -0.15) is 0 Å². The second-order valence-corrected chi connectivity index (χ2v) is 5.87. The highest BCUT2D eigenvalue weighted by Crippen LogP contribution is 2.23. The van der Waals surface area contributed by atoms with Gasteiger partial charge in [0.1, 0.15) is 11.5 Å². The number of hydrogen-bond donors (Lipinski definition) is 1. The number of benzene rings is 1. The number of nitrogens with one attached hydrogen (secondary N) is 1. The first-order valence-corrected chi connectivity index (χ1v) is 8.81. The Hall–Kier alpha value is -3.06. The zero-order valence-electron chi connectivity index (χ0n) is 15.1. The molecule has 142 valence electrons. The maximum atomic E-state index is 12.6. The fourth-order valence-electron chi connectivity index (χ4n) is 2.69. The van der Waals surface area contributed by atoms with Gasteiger partial charge in [-0.15, -0.1) is 0 Å². The zero-order valence-corrected chi connectivity index (χ0v) is 15.1. The number of furan rings is 1. The summed E-state index contributed by atoms with van der Waals surface area (Å²) in [7, 11) is 0. The summed E-state index contributed by atoms with van der Waals surface area (Å²) in [6.07, 6.45) is 3.27. The van der Waals surface area contributed by atoms with E-state index in [1.165, 1.54) is 0 Å². The SMILES string of the molecule is CCOCCn1ccc2c(OCC(=O)NCc3ccco3)cccc2c1=O. The van der Waals surface area contributed by atoms with E-state index in [2.05, 4.69) is 5.32 Å². The molecule has 0 radical (unpaired) electrons. The minimum absolute atomic E-state index is 0.111. The van der Waals surface area contributed by atoms with Crippen LogP contribution in [0.5, 0.6) is 5.75 Å². The second kappa shape index (κ2) is 9.05. The summed E-state index contributed by atoms with van der Waals surface area (Å²) in [6, 6.07) is 10.6. The quantitative estimate of drug-likeness (QED) is 0.585. The van der Waals surface area contributed by atoms with Crippen LogP contribution in [-0.2, 0) is 22.6 Å². The van der Waals surface area contributed by atoms with Crippen LogP contribution < -0.4 is 15.6 Å². The van der Waals surface area contributed by atoms with Gasteiger partial charge in [0.05, 0.1) is 24.8 Å². The van der Waals surface area contributed by atoms with Crippen LogP contribution in [0.25, 0.3) is 10.8 Å². The van der Waals surface area contributed by atoms with Gasteiger partial charge < -0.3 is 23.8 Å². The topological polar surface area (TPSA) is 82.7 Å². The molecule has 0 aliphatic rings. The van der Waals surface area contributed by atoms with Crippen molar-refractivity contribution in [3.63, 3.8) is 0 Å². The number of hydrogen-bond acceptors (Lipinski definition) is 5. The third-order valence-electron chi connectivity index (χ3n) is 4.06. The monoisotopic (exact) mass is 370 g/mol. The van der Waals surface area contributed by atoms with Crippen molar-refractivity contribution in [3.05, 3.63) is 65.0 Å². The van der Waals surface area contributed by atoms with E-state index >= 15 is 0 Å². The molecule has 1 N–H and O–H groups in total. The van der Waals surface area contributed by atoms with Crippen LogP contribution >= 0.6 is 0 Å².